The van der Waals surface area contributed by atoms with Crippen molar-refractivity contribution >= 4 is 0 Å². The van der Waals surface area contributed by atoms with Gasteiger partial charge in [0.2, 0.25) is 0 Å². The first-order valence-electron chi connectivity index (χ1n) is 2.63. The van der Waals surface area contributed by atoms with Gasteiger partial charge in [0.25, 0.3) is 0 Å². The van der Waals surface area contributed by atoms with E-state index >= 15 is 0 Å². The van der Waals surface area contributed by atoms with Crippen LogP contribution < -0.4 is 0 Å². The molecule has 1 aliphatic rings. The quantitative estimate of drug-likeness (QED) is 0.401. The van der Waals surface area contributed by atoms with Crippen molar-refractivity contribution in [2.45, 2.75) is 12.5 Å². The predicted octanol–water partition coefficient (Wildman–Crippen LogP) is 0.935. The average Bonchev–Trinajstić information content (AvgIpc) is 2.42. The van der Waals surface area contributed by atoms with Crippen molar-refractivity contribution in [1.29, 1.82) is 0 Å². The molecule has 1 unspecified atom stereocenters. The average molecular weight is 114 g/mol. The van der Waals surface area contributed by atoms with Crippen LogP contribution in [0, 0.1) is 0 Å². The highest BCUT2D eigenvalue weighted by atomic mass is 16.7. The maximum atomic E-state index is 5.09. The standard InChI is InChI=1S/C6H10O2/c1-5-3-6(5)8-4-7-2/h6H,1,3-4H2,2H3. The van der Waals surface area contributed by atoms with Crippen LogP contribution in [0.15, 0.2) is 12.2 Å². The Morgan fingerprint density at radius 1 is 1.88 bits per heavy atom. The van der Waals surface area contributed by atoms with Crippen molar-refractivity contribution in [3.63, 3.8) is 0 Å². The number of methoxy groups -OCH3 is 1. The van der Waals surface area contributed by atoms with E-state index in [2.05, 4.69) is 11.3 Å². The molecule has 0 aromatic heterocycles. The molecule has 0 radical (unpaired) electrons. The topological polar surface area (TPSA) is 18.5 Å². The predicted molar refractivity (Wildman–Crippen MR) is 30.5 cm³/mol. The van der Waals surface area contributed by atoms with Crippen LogP contribution in [0.25, 0.3) is 0 Å². The Kier molecular flexibility index (Phi) is 1.65. The third-order valence-corrected chi connectivity index (χ3v) is 1.13. The summed E-state index contributed by atoms with van der Waals surface area (Å²) >= 11 is 0. The molecule has 1 saturated carbocycles. The fourth-order valence-electron chi connectivity index (χ4n) is 0.506. The Bertz CT molecular complexity index is 98.7. The Balaban J connectivity index is 1.97. The minimum atomic E-state index is 0.301. The summed E-state index contributed by atoms with van der Waals surface area (Å²) in [6.45, 7) is 4.11. The van der Waals surface area contributed by atoms with E-state index < -0.39 is 0 Å². The first kappa shape index (κ1) is 5.79. The molecular formula is C6H10O2. The summed E-state index contributed by atoms with van der Waals surface area (Å²) in [5.41, 5.74) is 1.18. The van der Waals surface area contributed by atoms with Crippen molar-refractivity contribution in [2.24, 2.45) is 0 Å². The third-order valence-electron chi connectivity index (χ3n) is 1.13. The fraction of sp³-hybridized carbons (Fsp3) is 0.667. The highest BCUT2D eigenvalue weighted by molar-refractivity contribution is 5.21. The number of ether oxygens (including phenoxy) is 2. The first-order chi connectivity index (χ1) is 3.84. The molecule has 0 aromatic carbocycles. The number of rotatable bonds is 3. The van der Waals surface area contributed by atoms with Gasteiger partial charge in [0.15, 0.2) is 0 Å². The van der Waals surface area contributed by atoms with Crippen LogP contribution in [0.1, 0.15) is 6.42 Å². The second-order valence-corrected chi connectivity index (χ2v) is 1.92. The first-order valence-corrected chi connectivity index (χ1v) is 2.63. The largest absolute Gasteiger partial charge is 0.359 e. The summed E-state index contributed by atoms with van der Waals surface area (Å²) in [5, 5.41) is 0. The van der Waals surface area contributed by atoms with Gasteiger partial charge in [-0.2, -0.15) is 0 Å². The van der Waals surface area contributed by atoms with Crippen LogP contribution in [0.5, 0.6) is 0 Å². The number of hydrogen-bond acceptors (Lipinski definition) is 2. The van der Waals surface area contributed by atoms with Gasteiger partial charge in [0.05, 0.1) is 6.10 Å². The zero-order valence-corrected chi connectivity index (χ0v) is 5.02. The molecule has 0 aromatic rings. The maximum Gasteiger partial charge on any atom is 0.147 e. The lowest BCUT2D eigenvalue weighted by Gasteiger charge is -1.95. The number of hydrogen-bond donors (Lipinski definition) is 0. The molecule has 0 saturated heterocycles. The van der Waals surface area contributed by atoms with Gasteiger partial charge >= 0.3 is 0 Å². The molecule has 1 aliphatic carbocycles. The van der Waals surface area contributed by atoms with Gasteiger partial charge in [-0.15, -0.1) is 0 Å². The molecule has 2 heteroatoms. The molecule has 0 amide bonds. The van der Waals surface area contributed by atoms with Crippen LogP contribution in [-0.2, 0) is 9.47 Å². The Labute approximate surface area is 49.1 Å². The molecule has 8 heavy (non-hydrogen) atoms. The van der Waals surface area contributed by atoms with Gasteiger partial charge in [0, 0.05) is 13.5 Å². The van der Waals surface area contributed by atoms with Crippen molar-refractivity contribution in [3.8, 4) is 0 Å². The lowest BCUT2D eigenvalue weighted by molar-refractivity contribution is -0.0352. The van der Waals surface area contributed by atoms with E-state index in [-0.39, 0.29) is 0 Å². The summed E-state index contributed by atoms with van der Waals surface area (Å²) < 4.78 is 9.77. The zero-order valence-electron chi connectivity index (χ0n) is 5.02. The highest BCUT2D eigenvalue weighted by Gasteiger charge is 2.27. The molecule has 1 atom stereocenters. The van der Waals surface area contributed by atoms with E-state index in [0.717, 1.165) is 6.42 Å². The summed E-state index contributed by atoms with van der Waals surface area (Å²) in [7, 11) is 1.62. The van der Waals surface area contributed by atoms with Crippen LogP contribution in [0.4, 0.5) is 0 Å². The van der Waals surface area contributed by atoms with E-state index in [1.54, 1.807) is 7.11 Å². The van der Waals surface area contributed by atoms with E-state index in [4.69, 9.17) is 4.74 Å². The molecule has 0 heterocycles. The minimum Gasteiger partial charge on any atom is -0.359 e. The van der Waals surface area contributed by atoms with Crippen LogP contribution in [-0.4, -0.2) is 20.0 Å². The maximum absolute atomic E-state index is 5.09. The Morgan fingerprint density at radius 3 is 2.88 bits per heavy atom. The van der Waals surface area contributed by atoms with Crippen molar-refractivity contribution in [2.75, 3.05) is 13.9 Å². The summed E-state index contributed by atoms with van der Waals surface area (Å²) in [6, 6.07) is 0. The lowest BCUT2D eigenvalue weighted by atomic mass is 10.7. The highest BCUT2D eigenvalue weighted by Crippen LogP contribution is 2.29. The normalized spacial score (nSPS) is 26.1. The van der Waals surface area contributed by atoms with Crippen LogP contribution in [0.2, 0.25) is 0 Å². The molecular weight excluding hydrogens is 104 g/mol. The molecule has 0 bridgehead atoms. The molecule has 1 fully saturated rings. The van der Waals surface area contributed by atoms with Crippen molar-refractivity contribution in [1.82, 2.24) is 0 Å². The van der Waals surface area contributed by atoms with Gasteiger partial charge in [0.1, 0.15) is 6.79 Å². The Hall–Kier alpha value is -0.340. The monoisotopic (exact) mass is 114 g/mol. The summed E-state index contributed by atoms with van der Waals surface area (Å²) in [6.07, 6.45) is 1.32. The summed E-state index contributed by atoms with van der Waals surface area (Å²) in [5.74, 6) is 0. The Morgan fingerprint density at radius 2 is 2.50 bits per heavy atom. The smallest absolute Gasteiger partial charge is 0.147 e. The van der Waals surface area contributed by atoms with Crippen molar-refractivity contribution < 1.29 is 9.47 Å². The molecule has 0 N–H and O–H groups in total. The van der Waals surface area contributed by atoms with E-state index in [1.165, 1.54) is 5.57 Å². The van der Waals surface area contributed by atoms with Gasteiger partial charge < -0.3 is 9.47 Å². The van der Waals surface area contributed by atoms with Crippen molar-refractivity contribution in [3.05, 3.63) is 12.2 Å². The zero-order chi connectivity index (χ0) is 5.98. The second-order valence-electron chi connectivity index (χ2n) is 1.92. The lowest BCUT2D eigenvalue weighted by Crippen LogP contribution is -1.97. The van der Waals surface area contributed by atoms with Gasteiger partial charge in [-0.05, 0) is 5.57 Å². The molecule has 1 rings (SSSR count). The van der Waals surface area contributed by atoms with Gasteiger partial charge in [-0.25, -0.2) is 0 Å². The molecule has 2 nitrogen and oxygen atoms in total. The van der Waals surface area contributed by atoms with Crippen LogP contribution in [0.3, 0.4) is 0 Å². The second kappa shape index (κ2) is 2.29. The van der Waals surface area contributed by atoms with Crippen LogP contribution >= 0.6 is 0 Å². The molecule has 0 aliphatic heterocycles. The van der Waals surface area contributed by atoms with E-state index in [0.29, 0.717) is 12.9 Å². The van der Waals surface area contributed by atoms with Gasteiger partial charge in [-0.3, -0.25) is 0 Å². The fourth-order valence-corrected chi connectivity index (χ4v) is 0.506. The van der Waals surface area contributed by atoms with Gasteiger partial charge in [-0.1, -0.05) is 6.58 Å². The van der Waals surface area contributed by atoms with E-state index in [1.807, 2.05) is 0 Å². The third kappa shape index (κ3) is 1.32. The molecule has 46 valence electrons. The minimum absolute atomic E-state index is 0.301. The summed E-state index contributed by atoms with van der Waals surface area (Å²) in [4.78, 5) is 0. The van der Waals surface area contributed by atoms with E-state index in [9.17, 15) is 0 Å². The molecule has 0 spiro atoms. The SMILES string of the molecule is C=C1CC1OCOC.